The van der Waals surface area contributed by atoms with Crippen molar-refractivity contribution in [2.75, 3.05) is 0 Å². The fraction of sp³-hybridized carbons (Fsp3) is 0.200. The van der Waals surface area contributed by atoms with Gasteiger partial charge in [0.25, 0.3) is 0 Å². The third-order valence-electron chi connectivity index (χ3n) is 2.19. The van der Waals surface area contributed by atoms with Gasteiger partial charge < -0.3 is 0 Å². The predicted molar refractivity (Wildman–Crippen MR) is 59.2 cm³/mol. The summed E-state index contributed by atoms with van der Waals surface area (Å²) in [5.74, 6) is 0. The largest absolute Gasteiger partial charge is 0.0952 e. The minimum absolute atomic E-state index is 1.10. The van der Waals surface area contributed by atoms with Crippen molar-refractivity contribution in [2.45, 2.75) is 12.8 Å². The minimum atomic E-state index is 1.10. The van der Waals surface area contributed by atoms with Gasteiger partial charge in [0.2, 0.25) is 0 Å². The molecule has 1 aromatic carbocycles. The summed E-state index contributed by atoms with van der Waals surface area (Å²) in [4.78, 5) is 0. The van der Waals surface area contributed by atoms with Gasteiger partial charge in [-0.05, 0) is 41.7 Å². The highest BCUT2D eigenvalue weighted by molar-refractivity contribution is 9.11. The molecule has 2 rings (SSSR count). The predicted octanol–water partition coefficient (Wildman–Crippen LogP) is 4.17. The zero-order valence-corrected chi connectivity index (χ0v) is 9.70. The van der Waals surface area contributed by atoms with Crippen LogP contribution >= 0.6 is 31.9 Å². The quantitative estimate of drug-likeness (QED) is 0.672. The Morgan fingerprint density at radius 2 is 1.92 bits per heavy atom. The van der Waals surface area contributed by atoms with Gasteiger partial charge in [0, 0.05) is 8.95 Å². The van der Waals surface area contributed by atoms with Crippen LogP contribution in [0.5, 0.6) is 0 Å². The van der Waals surface area contributed by atoms with E-state index in [1.807, 2.05) is 0 Å². The standard InChI is InChI=1S/C10H8Br2/c1-6-2-3-7-4-8(11)5-9(12)10(6)7/h4-5H,1-3H2. The highest BCUT2D eigenvalue weighted by Gasteiger charge is 2.17. The molecule has 0 saturated heterocycles. The molecule has 0 saturated carbocycles. The fourth-order valence-corrected chi connectivity index (χ4v) is 3.22. The first-order chi connectivity index (χ1) is 5.68. The van der Waals surface area contributed by atoms with Crippen LogP contribution in [0.4, 0.5) is 0 Å². The van der Waals surface area contributed by atoms with Crippen LogP contribution in [-0.4, -0.2) is 0 Å². The summed E-state index contributed by atoms with van der Waals surface area (Å²) in [6, 6.07) is 4.26. The van der Waals surface area contributed by atoms with Crippen LogP contribution in [0, 0.1) is 0 Å². The van der Waals surface area contributed by atoms with E-state index in [0.717, 1.165) is 21.8 Å². The molecule has 1 aliphatic rings. The summed E-state index contributed by atoms with van der Waals surface area (Å²) < 4.78 is 2.30. The van der Waals surface area contributed by atoms with Gasteiger partial charge in [0.05, 0.1) is 0 Å². The maximum atomic E-state index is 4.04. The molecule has 1 aliphatic carbocycles. The first-order valence-corrected chi connectivity index (χ1v) is 5.43. The van der Waals surface area contributed by atoms with Gasteiger partial charge in [0.15, 0.2) is 0 Å². The van der Waals surface area contributed by atoms with Crippen molar-refractivity contribution in [1.82, 2.24) is 0 Å². The smallest absolute Gasteiger partial charge is 0.0264 e. The summed E-state index contributed by atoms with van der Waals surface area (Å²) in [5, 5.41) is 0. The van der Waals surface area contributed by atoms with Crippen LogP contribution in [0.1, 0.15) is 17.5 Å². The highest BCUT2D eigenvalue weighted by Crippen LogP contribution is 2.38. The molecule has 0 radical (unpaired) electrons. The summed E-state index contributed by atoms with van der Waals surface area (Å²) in [6.45, 7) is 4.04. The molecule has 1 aromatic rings. The summed E-state index contributed by atoms with van der Waals surface area (Å²) >= 11 is 7.02. The van der Waals surface area contributed by atoms with Gasteiger partial charge in [-0.2, -0.15) is 0 Å². The molecular formula is C10H8Br2. The second-order valence-corrected chi connectivity index (χ2v) is 4.80. The van der Waals surface area contributed by atoms with E-state index < -0.39 is 0 Å². The third-order valence-corrected chi connectivity index (χ3v) is 3.27. The molecule has 62 valence electrons. The van der Waals surface area contributed by atoms with Crippen molar-refractivity contribution < 1.29 is 0 Å². The summed E-state index contributed by atoms with van der Waals surface area (Å²) in [6.07, 6.45) is 2.23. The molecule has 0 aliphatic heterocycles. The molecule has 2 heteroatoms. The van der Waals surface area contributed by atoms with E-state index >= 15 is 0 Å². The van der Waals surface area contributed by atoms with Crippen LogP contribution < -0.4 is 0 Å². The molecule has 0 amide bonds. The zero-order valence-electron chi connectivity index (χ0n) is 6.53. The molecule has 0 heterocycles. The first-order valence-electron chi connectivity index (χ1n) is 3.84. The number of fused-ring (bicyclic) bond motifs is 1. The second-order valence-electron chi connectivity index (χ2n) is 3.03. The van der Waals surface area contributed by atoms with Crippen LogP contribution in [0.3, 0.4) is 0 Å². The monoisotopic (exact) mass is 286 g/mol. The Kier molecular flexibility index (Phi) is 2.13. The van der Waals surface area contributed by atoms with Gasteiger partial charge in [-0.15, -0.1) is 0 Å². The highest BCUT2D eigenvalue weighted by atomic mass is 79.9. The first kappa shape index (κ1) is 8.52. The molecule has 0 aromatic heterocycles. The summed E-state index contributed by atoms with van der Waals surface area (Å²) in [5.41, 5.74) is 3.98. The molecule has 0 nitrogen and oxygen atoms in total. The van der Waals surface area contributed by atoms with Crippen molar-refractivity contribution >= 4 is 37.4 Å². The van der Waals surface area contributed by atoms with Gasteiger partial charge >= 0.3 is 0 Å². The number of aryl methyl sites for hydroxylation is 1. The maximum absolute atomic E-state index is 4.04. The van der Waals surface area contributed by atoms with Crippen LogP contribution in [0.15, 0.2) is 27.7 Å². The third kappa shape index (κ3) is 1.27. The van der Waals surface area contributed by atoms with E-state index in [2.05, 4.69) is 50.6 Å². The average Bonchev–Trinajstić information content (AvgIpc) is 2.31. The maximum Gasteiger partial charge on any atom is 0.0264 e. The number of hydrogen-bond donors (Lipinski definition) is 0. The Hall–Kier alpha value is -0.0800. The lowest BCUT2D eigenvalue weighted by molar-refractivity contribution is 1.08. The molecule has 0 spiro atoms. The van der Waals surface area contributed by atoms with Gasteiger partial charge in [0.1, 0.15) is 0 Å². The molecule has 0 atom stereocenters. The molecule has 0 fully saturated rings. The summed E-state index contributed by atoms with van der Waals surface area (Å²) in [7, 11) is 0. The molecular weight excluding hydrogens is 280 g/mol. The Labute approximate surface area is 88.9 Å². The number of allylic oxidation sites excluding steroid dienone is 1. The van der Waals surface area contributed by atoms with Crippen LogP contribution in [0.2, 0.25) is 0 Å². The van der Waals surface area contributed by atoms with E-state index in [1.54, 1.807) is 0 Å². The number of rotatable bonds is 0. The second kappa shape index (κ2) is 3.00. The Morgan fingerprint density at radius 1 is 1.17 bits per heavy atom. The van der Waals surface area contributed by atoms with E-state index in [-0.39, 0.29) is 0 Å². The lowest BCUT2D eigenvalue weighted by Crippen LogP contribution is -1.82. The Balaban J connectivity index is 2.68. The molecule has 0 bridgehead atoms. The topological polar surface area (TPSA) is 0 Å². The normalized spacial score (nSPS) is 15.0. The van der Waals surface area contributed by atoms with Crippen molar-refractivity contribution in [3.63, 3.8) is 0 Å². The van der Waals surface area contributed by atoms with Crippen molar-refractivity contribution in [3.8, 4) is 0 Å². The minimum Gasteiger partial charge on any atom is -0.0952 e. The van der Waals surface area contributed by atoms with Crippen LogP contribution in [0.25, 0.3) is 5.57 Å². The number of benzene rings is 1. The number of halogens is 2. The lowest BCUT2D eigenvalue weighted by Gasteiger charge is -2.03. The zero-order chi connectivity index (χ0) is 8.72. The Morgan fingerprint density at radius 3 is 2.67 bits per heavy atom. The van der Waals surface area contributed by atoms with Crippen molar-refractivity contribution in [1.29, 1.82) is 0 Å². The lowest BCUT2D eigenvalue weighted by atomic mass is 10.1. The van der Waals surface area contributed by atoms with Crippen LogP contribution in [-0.2, 0) is 6.42 Å². The molecule has 0 unspecified atom stereocenters. The molecule has 12 heavy (non-hydrogen) atoms. The number of hydrogen-bond acceptors (Lipinski definition) is 0. The van der Waals surface area contributed by atoms with Crippen molar-refractivity contribution in [3.05, 3.63) is 38.8 Å². The van der Waals surface area contributed by atoms with Gasteiger partial charge in [-0.1, -0.05) is 38.4 Å². The van der Waals surface area contributed by atoms with E-state index in [0.29, 0.717) is 0 Å². The van der Waals surface area contributed by atoms with Crippen molar-refractivity contribution in [2.24, 2.45) is 0 Å². The van der Waals surface area contributed by atoms with E-state index in [9.17, 15) is 0 Å². The average molecular weight is 288 g/mol. The van der Waals surface area contributed by atoms with Gasteiger partial charge in [-0.3, -0.25) is 0 Å². The van der Waals surface area contributed by atoms with E-state index in [1.165, 1.54) is 16.7 Å². The molecule has 0 N–H and O–H groups in total. The van der Waals surface area contributed by atoms with Gasteiger partial charge in [-0.25, -0.2) is 0 Å². The Bertz CT molecular complexity index is 353. The van der Waals surface area contributed by atoms with E-state index in [4.69, 9.17) is 0 Å². The SMILES string of the molecule is C=C1CCc2cc(Br)cc(Br)c21. The fourth-order valence-electron chi connectivity index (χ4n) is 1.63.